The molecule has 2 rings (SSSR count). The molecule has 1 saturated heterocycles. The Morgan fingerprint density at radius 2 is 1.95 bits per heavy atom. The minimum absolute atomic E-state index is 0.0606. The molecular weight excluding hydrogens is 286 g/mol. The molecule has 0 radical (unpaired) electrons. The molecule has 2 fully saturated rings. The summed E-state index contributed by atoms with van der Waals surface area (Å²) in [6.45, 7) is 4.30. The molecule has 120 valence electrons. The summed E-state index contributed by atoms with van der Waals surface area (Å²) in [6, 6.07) is 0. The molecule has 0 aromatic rings. The average molecular weight is 313 g/mol. The zero-order valence-electron chi connectivity index (χ0n) is 13.1. The molecular formula is C16H27NO3S. The molecule has 1 aliphatic heterocycles. The standard InChI is InChI=1S/C16H27NO3S/c1-3-20-16(19)15-11(2)9-14(21-15)17-13(18)10-12-7-5-4-6-8-12/h11-12,14-15H,3-10H2,1-2H3,(H,17,18). The fraction of sp³-hybridized carbons (Fsp3) is 0.875. The molecule has 0 aromatic carbocycles. The molecule has 0 aromatic heterocycles. The highest BCUT2D eigenvalue weighted by molar-refractivity contribution is 8.01. The van der Waals surface area contributed by atoms with Crippen molar-refractivity contribution >= 4 is 23.6 Å². The number of hydrogen-bond donors (Lipinski definition) is 1. The van der Waals surface area contributed by atoms with Crippen molar-refractivity contribution in [3.8, 4) is 0 Å². The Morgan fingerprint density at radius 3 is 2.62 bits per heavy atom. The van der Waals surface area contributed by atoms with E-state index in [1.807, 2.05) is 6.92 Å². The quantitative estimate of drug-likeness (QED) is 0.792. The number of nitrogens with one attached hydrogen (secondary N) is 1. The zero-order valence-corrected chi connectivity index (χ0v) is 13.9. The molecule has 5 heteroatoms. The topological polar surface area (TPSA) is 55.4 Å². The van der Waals surface area contributed by atoms with Crippen LogP contribution in [0.2, 0.25) is 0 Å². The summed E-state index contributed by atoms with van der Waals surface area (Å²) in [5, 5.41) is 3.03. The number of rotatable bonds is 5. The molecule has 0 bridgehead atoms. The van der Waals surface area contributed by atoms with Gasteiger partial charge < -0.3 is 10.1 Å². The van der Waals surface area contributed by atoms with E-state index < -0.39 is 0 Å². The van der Waals surface area contributed by atoms with Crippen LogP contribution in [0.3, 0.4) is 0 Å². The van der Waals surface area contributed by atoms with Gasteiger partial charge >= 0.3 is 5.97 Å². The van der Waals surface area contributed by atoms with Gasteiger partial charge in [-0.15, -0.1) is 11.8 Å². The molecule has 3 atom stereocenters. The van der Waals surface area contributed by atoms with Gasteiger partial charge in [0.05, 0.1) is 12.0 Å². The third-order valence-electron chi connectivity index (χ3n) is 4.45. The largest absolute Gasteiger partial charge is 0.465 e. The van der Waals surface area contributed by atoms with Gasteiger partial charge in [0.15, 0.2) is 0 Å². The highest BCUT2D eigenvalue weighted by Gasteiger charge is 2.38. The maximum atomic E-state index is 12.1. The first kappa shape index (κ1) is 16.7. The molecule has 1 amide bonds. The van der Waals surface area contributed by atoms with E-state index in [9.17, 15) is 9.59 Å². The molecule has 1 heterocycles. The van der Waals surface area contributed by atoms with Crippen LogP contribution in [0.25, 0.3) is 0 Å². The van der Waals surface area contributed by atoms with Crippen LogP contribution in [0.1, 0.15) is 58.8 Å². The van der Waals surface area contributed by atoms with E-state index in [1.165, 1.54) is 32.1 Å². The third-order valence-corrected chi connectivity index (χ3v) is 6.04. The van der Waals surface area contributed by atoms with Crippen molar-refractivity contribution in [2.45, 2.75) is 69.4 Å². The van der Waals surface area contributed by atoms with E-state index in [-0.39, 0.29) is 28.4 Å². The Bertz CT molecular complexity index is 369. The van der Waals surface area contributed by atoms with Crippen molar-refractivity contribution in [3.05, 3.63) is 0 Å². The predicted molar refractivity (Wildman–Crippen MR) is 84.9 cm³/mol. The van der Waals surface area contributed by atoms with Crippen LogP contribution in [-0.4, -0.2) is 29.1 Å². The monoisotopic (exact) mass is 313 g/mol. The highest BCUT2D eigenvalue weighted by atomic mass is 32.2. The minimum Gasteiger partial charge on any atom is -0.465 e. The van der Waals surface area contributed by atoms with Crippen molar-refractivity contribution in [2.75, 3.05) is 6.61 Å². The number of carbonyl (C=O) groups is 2. The zero-order chi connectivity index (χ0) is 15.2. The molecule has 0 spiro atoms. The molecule has 3 unspecified atom stereocenters. The molecule has 2 aliphatic rings. The third kappa shape index (κ3) is 4.90. The van der Waals surface area contributed by atoms with Gasteiger partial charge in [-0.3, -0.25) is 9.59 Å². The second-order valence-electron chi connectivity index (χ2n) is 6.29. The van der Waals surface area contributed by atoms with Crippen LogP contribution in [0.5, 0.6) is 0 Å². The van der Waals surface area contributed by atoms with Gasteiger partial charge in [0, 0.05) is 6.42 Å². The van der Waals surface area contributed by atoms with Crippen LogP contribution in [0, 0.1) is 11.8 Å². The first-order valence-electron chi connectivity index (χ1n) is 8.21. The van der Waals surface area contributed by atoms with E-state index in [4.69, 9.17) is 4.74 Å². The Kier molecular flexibility index (Phi) is 6.40. The van der Waals surface area contributed by atoms with Gasteiger partial charge in [-0.05, 0) is 38.0 Å². The lowest BCUT2D eigenvalue weighted by molar-refractivity contribution is -0.143. The van der Waals surface area contributed by atoms with E-state index >= 15 is 0 Å². The van der Waals surface area contributed by atoms with Crippen molar-refractivity contribution in [2.24, 2.45) is 11.8 Å². The number of ether oxygens (including phenoxy) is 1. The summed E-state index contributed by atoms with van der Waals surface area (Å²) in [6.07, 6.45) is 7.71. The SMILES string of the molecule is CCOC(=O)C1SC(NC(=O)CC2CCCCC2)CC1C. The van der Waals surface area contributed by atoms with Crippen molar-refractivity contribution in [3.63, 3.8) is 0 Å². The van der Waals surface area contributed by atoms with Gasteiger partial charge in [0.25, 0.3) is 0 Å². The number of hydrogen-bond acceptors (Lipinski definition) is 4. The second kappa shape index (κ2) is 8.06. The normalized spacial score (nSPS) is 30.1. The number of carbonyl (C=O) groups excluding carboxylic acids is 2. The lowest BCUT2D eigenvalue weighted by atomic mass is 9.87. The number of amides is 1. The van der Waals surface area contributed by atoms with Crippen LogP contribution in [-0.2, 0) is 14.3 Å². The summed E-state index contributed by atoms with van der Waals surface area (Å²) in [5.74, 6) is 0.826. The van der Waals surface area contributed by atoms with Gasteiger partial charge in [-0.1, -0.05) is 26.2 Å². The van der Waals surface area contributed by atoms with Crippen LogP contribution in [0.4, 0.5) is 0 Å². The minimum atomic E-state index is -0.140. The summed E-state index contributed by atoms with van der Waals surface area (Å²) in [5.41, 5.74) is 0. The van der Waals surface area contributed by atoms with Crippen molar-refractivity contribution in [1.82, 2.24) is 5.32 Å². The van der Waals surface area contributed by atoms with Crippen molar-refractivity contribution < 1.29 is 14.3 Å². The summed E-state index contributed by atoms with van der Waals surface area (Å²) < 4.78 is 5.10. The molecule has 1 aliphatic carbocycles. The molecule has 1 saturated carbocycles. The van der Waals surface area contributed by atoms with E-state index in [0.29, 0.717) is 18.9 Å². The van der Waals surface area contributed by atoms with Gasteiger partial charge in [-0.25, -0.2) is 0 Å². The Labute approximate surface area is 131 Å². The Morgan fingerprint density at radius 1 is 1.24 bits per heavy atom. The predicted octanol–water partition coefficient (Wildman–Crippen LogP) is 3.10. The molecule has 4 nitrogen and oxygen atoms in total. The van der Waals surface area contributed by atoms with Gasteiger partial charge in [0.1, 0.15) is 5.25 Å². The number of esters is 1. The van der Waals surface area contributed by atoms with E-state index in [1.54, 1.807) is 11.8 Å². The van der Waals surface area contributed by atoms with Crippen LogP contribution >= 0.6 is 11.8 Å². The van der Waals surface area contributed by atoms with E-state index in [2.05, 4.69) is 12.2 Å². The maximum absolute atomic E-state index is 12.1. The lowest BCUT2D eigenvalue weighted by Crippen LogP contribution is -2.32. The van der Waals surface area contributed by atoms with Gasteiger partial charge in [-0.2, -0.15) is 0 Å². The summed E-state index contributed by atoms with van der Waals surface area (Å²) >= 11 is 1.55. The maximum Gasteiger partial charge on any atom is 0.319 e. The molecule has 21 heavy (non-hydrogen) atoms. The Balaban J connectivity index is 1.75. The first-order valence-corrected chi connectivity index (χ1v) is 9.16. The van der Waals surface area contributed by atoms with Crippen molar-refractivity contribution in [1.29, 1.82) is 0 Å². The summed E-state index contributed by atoms with van der Waals surface area (Å²) in [7, 11) is 0. The van der Waals surface area contributed by atoms with Gasteiger partial charge in [0.2, 0.25) is 5.91 Å². The van der Waals surface area contributed by atoms with Crippen LogP contribution in [0.15, 0.2) is 0 Å². The fourth-order valence-corrected chi connectivity index (χ4v) is 4.85. The Hall–Kier alpha value is -0.710. The fourth-order valence-electron chi connectivity index (χ4n) is 3.33. The highest BCUT2D eigenvalue weighted by Crippen LogP contribution is 2.38. The smallest absolute Gasteiger partial charge is 0.319 e. The number of thioether (sulfide) groups is 1. The lowest BCUT2D eigenvalue weighted by Gasteiger charge is -2.22. The average Bonchev–Trinajstić information content (AvgIpc) is 2.80. The van der Waals surface area contributed by atoms with E-state index in [0.717, 1.165) is 6.42 Å². The first-order chi connectivity index (χ1) is 10.1. The van der Waals surface area contributed by atoms with Crippen LogP contribution < -0.4 is 5.32 Å². The summed E-state index contributed by atoms with van der Waals surface area (Å²) in [4.78, 5) is 24.0. The second-order valence-corrected chi connectivity index (χ2v) is 7.64. The molecule has 1 N–H and O–H groups in total.